The summed E-state index contributed by atoms with van der Waals surface area (Å²) >= 11 is 0. The van der Waals surface area contributed by atoms with Gasteiger partial charge in [0.1, 0.15) is 12.3 Å². The summed E-state index contributed by atoms with van der Waals surface area (Å²) in [6, 6.07) is 12.5. The van der Waals surface area contributed by atoms with Gasteiger partial charge in [-0.1, -0.05) is 25.1 Å². The molecule has 6 heteroatoms. The maximum Gasteiger partial charge on any atom is 0.387 e. The number of para-hydroxylation sites is 1. The Balaban J connectivity index is 1.91. The first-order chi connectivity index (χ1) is 12.4. The van der Waals surface area contributed by atoms with Crippen molar-refractivity contribution in [3.8, 4) is 5.75 Å². The second kappa shape index (κ2) is 9.29. The average Bonchev–Trinajstić information content (AvgIpc) is 2.58. The van der Waals surface area contributed by atoms with Crippen molar-refractivity contribution in [1.82, 2.24) is 0 Å². The fraction of sp³-hybridized carbons (Fsp3) is 0.350. The summed E-state index contributed by atoms with van der Waals surface area (Å²) in [5, 5.41) is 3.01. The molecule has 0 aliphatic carbocycles. The van der Waals surface area contributed by atoms with Crippen LogP contribution in [0.5, 0.6) is 5.75 Å². The Morgan fingerprint density at radius 3 is 2.50 bits per heavy atom. The maximum absolute atomic E-state index is 12.4. The second-order valence-electron chi connectivity index (χ2n) is 6.34. The average molecular weight is 363 g/mol. The molecule has 0 aliphatic rings. The molecule has 1 atom stereocenters. The van der Waals surface area contributed by atoms with Gasteiger partial charge in [0.2, 0.25) is 0 Å². The zero-order chi connectivity index (χ0) is 19.1. The molecule has 1 unspecified atom stereocenters. The molecule has 1 amide bonds. The molecule has 2 aromatic rings. The molecule has 0 spiro atoms. The van der Waals surface area contributed by atoms with Gasteiger partial charge in [-0.25, -0.2) is 0 Å². The van der Waals surface area contributed by atoms with Crippen LogP contribution in [0.2, 0.25) is 0 Å². The Labute approximate surface area is 152 Å². The quantitative estimate of drug-likeness (QED) is 0.757. The number of carbonyl (C=O) groups excluding carboxylic acids is 1. The van der Waals surface area contributed by atoms with E-state index in [9.17, 15) is 13.6 Å². The number of aryl methyl sites for hydroxylation is 2. The molecule has 26 heavy (non-hydrogen) atoms. The van der Waals surface area contributed by atoms with Crippen molar-refractivity contribution in [3.63, 3.8) is 0 Å². The third-order valence-corrected chi connectivity index (χ3v) is 4.12. The first kappa shape index (κ1) is 19.8. The highest BCUT2D eigenvalue weighted by atomic mass is 19.3. The molecule has 0 bridgehead atoms. The number of amides is 1. The standard InChI is InChI=1S/C20H24F2N2O2/c1-4-16-7-5-6-14(2)19(16)23-18(25)13-24(3)12-15-8-10-17(11-9-15)26-20(21)22/h5-11,20H,4,12-13H2,1-3H3,(H,23,25)/p+1. The zero-order valence-electron chi connectivity index (χ0n) is 15.3. The molecule has 4 nitrogen and oxygen atoms in total. The summed E-state index contributed by atoms with van der Waals surface area (Å²) in [6.45, 7) is 2.13. The Morgan fingerprint density at radius 2 is 1.88 bits per heavy atom. The van der Waals surface area contributed by atoms with Crippen molar-refractivity contribution < 1.29 is 23.2 Å². The number of rotatable bonds is 8. The molecule has 2 aromatic carbocycles. The Hall–Kier alpha value is -2.47. The number of hydrogen-bond acceptors (Lipinski definition) is 2. The van der Waals surface area contributed by atoms with Crippen LogP contribution in [0.15, 0.2) is 42.5 Å². The van der Waals surface area contributed by atoms with Gasteiger partial charge in [-0.15, -0.1) is 0 Å². The summed E-state index contributed by atoms with van der Waals surface area (Å²) in [7, 11) is 1.92. The lowest BCUT2D eigenvalue weighted by Gasteiger charge is -2.16. The third-order valence-electron chi connectivity index (χ3n) is 4.12. The fourth-order valence-corrected chi connectivity index (χ4v) is 2.86. The van der Waals surface area contributed by atoms with E-state index in [1.165, 1.54) is 12.1 Å². The van der Waals surface area contributed by atoms with Gasteiger partial charge >= 0.3 is 6.61 Å². The van der Waals surface area contributed by atoms with Crippen molar-refractivity contribution in [2.24, 2.45) is 0 Å². The topological polar surface area (TPSA) is 42.8 Å². The highest BCUT2D eigenvalue weighted by Gasteiger charge is 2.14. The van der Waals surface area contributed by atoms with Crippen molar-refractivity contribution >= 4 is 11.6 Å². The van der Waals surface area contributed by atoms with Crippen LogP contribution < -0.4 is 15.0 Å². The van der Waals surface area contributed by atoms with Crippen LogP contribution in [0.25, 0.3) is 0 Å². The van der Waals surface area contributed by atoms with Crippen molar-refractivity contribution in [2.75, 3.05) is 18.9 Å². The van der Waals surface area contributed by atoms with Crippen LogP contribution in [0, 0.1) is 6.92 Å². The summed E-state index contributed by atoms with van der Waals surface area (Å²) in [6.07, 6.45) is 0.854. The Morgan fingerprint density at radius 1 is 1.19 bits per heavy atom. The number of alkyl halides is 2. The second-order valence-corrected chi connectivity index (χ2v) is 6.34. The predicted molar refractivity (Wildman–Crippen MR) is 97.7 cm³/mol. The molecule has 0 radical (unpaired) electrons. The minimum atomic E-state index is -2.83. The molecule has 140 valence electrons. The Kier molecular flexibility index (Phi) is 7.09. The largest absolute Gasteiger partial charge is 0.435 e. The number of ether oxygens (including phenoxy) is 1. The lowest BCUT2D eigenvalue weighted by molar-refractivity contribution is -0.885. The van der Waals surface area contributed by atoms with Gasteiger partial charge < -0.3 is 15.0 Å². The van der Waals surface area contributed by atoms with Crippen molar-refractivity contribution in [3.05, 3.63) is 59.2 Å². The summed E-state index contributed by atoms with van der Waals surface area (Å²) < 4.78 is 28.7. The lowest BCUT2D eigenvalue weighted by Crippen LogP contribution is -3.08. The molecule has 0 saturated heterocycles. The monoisotopic (exact) mass is 363 g/mol. The van der Waals surface area contributed by atoms with E-state index in [1.807, 2.05) is 32.2 Å². The normalized spacial score (nSPS) is 12.1. The number of halogens is 2. The number of anilines is 1. The molecule has 0 heterocycles. The molecule has 0 aromatic heterocycles. The van der Waals surface area contributed by atoms with Crippen LogP contribution in [-0.4, -0.2) is 26.1 Å². The van der Waals surface area contributed by atoms with Crippen LogP contribution in [0.3, 0.4) is 0 Å². The number of likely N-dealkylation sites (N-methyl/N-ethyl adjacent to an activating group) is 1. The minimum Gasteiger partial charge on any atom is -0.435 e. The number of quaternary nitrogens is 1. The van der Waals surface area contributed by atoms with E-state index in [2.05, 4.69) is 17.0 Å². The first-order valence-electron chi connectivity index (χ1n) is 8.62. The molecular formula is C20H25F2N2O2+. The minimum absolute atomic E-state index is 0.0517. The van der Waals surface area contributed by atoms with Crippen molar-refractivity contribution in [1.29, 1.82) is 0 Å². The van der Waals surface area contributed by atoms with Crippen LogP contribution in [0.4, 0.5) is 14.5 Å². The van der Waals surface area contributed by atoms with Crippen molar-refractivity contribution in [2.45, 2.75) is 33.4 Å². The van der Waals surface area contributed by atoms with E-state index in [-0.39, 0.29) is 11.7 Å². The number of carbonyl (C=O) groups is 1. The molecule has 2 rings (SSSR count). The van der Waals surface area contributed by atoms with Crippen LogP contribution in [0.1, 0.15) is 23.6 Å². The van der Waals surface area contributed by atoms with E-state index >= 15 is 0 Å². The SMILES string of the molecule is CCc1cccc(C)c1NC(=O)C[NH+](C)Cc1ccc(OC(F)F)cc1. The van der Waals surface area contributed by atoms with Crippen LogP contribution in [-0.2, 0) is 17.8 Å². The van der Waals surface area contributed by atoms with Gasteiger partial charge in [0.05, 0.1) is 7.05 Å². The number of benzene rings is 2. The van der Waals surface area contributed by atoms with E-state index in [4.69, 9.17) is 0 Å². The fourth-order valence-electron chi connectivity index (χ4n) is 2.86. The molecule has 0 fully saturated rings. The Bertz CT molecular complexity index is 733. The maximum atomic E-state index is 12.4. The van der Waals surface area contributed by atoms with Gasteiger partial charge in [0, 0.05) is 11.3 Å². The van der Waals surface area contributed by atoms with E-state index in [1.54, 1.807) is 12.1 Å². The van der Waals surface area contributed by atoms with Gasteiger partial charge in [0.15, 0.2) is 6.54 Å². The predicted octanol–water partition coefficient (Wildman–Crippen LogP) is 2.81. The molecule has 0 aliphatic heterocycles. The number of nitrogens with one attached hydrogen (secondary N) is 2. The summed E-state index contributed by atoms with van der Waals surface area (Å²) in [5.41, 5.74) is 4.00. The van der Waals surface area contributed by atoms with Gasteiger partial charge in [-0.3, -0.25) is 4.79 Å². The molecule has 0 saturated carbocycles. The zero-order valence-corrected chi connectivity index (χ0v) is 15.3. The highest BCUT2D eigenvalue weighted by Crippen LogP contribution is 2.20. The lowest BCUT2D eigenvalue weighted by atomic mass is 10.1. The first-order valence-corrected chi connectivity index (χ1v) is 8.62. The van der Waals surface area contributed by atoms with Crippen LogP contribution >= 0.6 is 0 Å². The smallest absolute Gasteiger partial charge is 0.387 e. The number of hydrogen-bond donors (Lipinski definition) is 2. The molecule has 2 N–H and O–H groups in total. The third kappa shape index (κ3) is 5.81. The van der Waals surface area contributed by atoms with Gasteiger partial charge in [0.25, 0.3) is 5.91 Å². The highest BCUT2D eigenvalue weighted by molar-refractivity contribution is 5.93. The summed E-state index contributed by atoms with van der Waals surface area (Å²) in [5.74, 6) is 0.0787. The van der Waals surface area contributed by atoms with Gasteiger partial charge in [-0.2, -0.15) is 8.78 Å². The summed E-state index contributed by atoms with van der Waals surface area (Å²) in [4.78, 5) is 13.4. The van der Waals surface area contributed by atoms with E-state index in [0.29, 0.717) is 13.1 Å². The molecular weight excluding hydrogens is 338 g/mol. The van der Waals surface area contributed by atoms with Gasteiger partial charge in [-0.05, 0) is 48.7 Å². The van der Waals surface area contributed by atoms with E-state index < -0.39 is 6.61 Å². The van der Waals surface area contributed by atoms with E-state index in [0.717, 1.165) is 33.7 Å².